The molecule has 1 saturated carbocycles. The molecule has 2 atom stereocenters. The van der Waals surface area contributed by atoms with Crippen LogP contribution in [0.1, 0.15) is 25.7 Å². The van der Waals surface area contributed by atoms with Crippen molar-refractivity contribution in [3.05, 3.63) is 0 Å². The molecule has 2 rings (SSSR count). The summed E-state index contributed by atoms with van der Waals surface area (Å²) in [5.41, 5.74) is 10.8. The predicted octanol–water partition coefficient (Wildman–Crippen LogP) is -0.576. The van der Waals surface area contributed by atoms with E-state index >= 15 is 0 Å². The van der Waals surface area contributed by atoms with Gasteiger partial charge >= 0.3 is 0 Å². The van der Waals surface area contributed by atoms with Gasteiger partial charge in [-0.15, -0.1) is 0 Å². The van der Waals surface area contributed by atoms with E-state index in [0.29, 0.717) is 0 Å². The SMILES string of the molecule is NC(=O)C1(N)CCCC1CCN1CCS(=O)CC1. The third kappa shape index (κ3) is 2.92. The van der Waals surface area contributed by atoms with Crippen LogP contribution in [0.4, 0.5) is 0 Å². The minimum Gasteiger partial charge on any atom is -0.368 e. The normalized spacial score (nSPS) is 34.8. The van der Waals surface area contributed by atoms with Crippen LogP contribution in [-0.2, 0) is 15.6 Å². The van der Waals surface area contributed by atoms with Crippen LogP contribution in [0.15, 0.2) is 0 Å². The molecule has 2 aliphatic rings. The third-order valence-corrected chi connectivity index (χ3v) is 5.67. The molecule has 18 heavy (non-hydrogen) atoms. The fraction of sp³-hybridized carbons (Fsp3) is 0.917. The Balaban J connectivity index is 1.83. The summed E-state index contributed by atoms with van der Waals surface area (Å²) < 4.78 is 11.3. The van der Waals surface area contributed by atoms with Gasteiger partial charge in [0.15, 0.2) is 0 Å². The fourth-order valence-electron chi connectivity index (χ4n) is 3.07. The lowest BCUT2D eigenvalue weighted by atomic mass is 9.85. The van der Waals surface area contributed by atoms with Crippen molar-refractivity contribution >= 4 is 16.7 Å². The van der Waals surface area contributed by atoms with Crippen LogP contribution in [0.5, 0.6) is 0 Å². The number of amides is 1. The molecule has 2 unspecified atom stereocenters. The molecule has 4 N–H and O–H groups in total. The van der Waals surface area contributed by atoms with E-state index in [1.807, 2.05) is 0 Å². The first-order valence-electron chi connectivity index (χ1n) is 6.68. The fourth-order valence-corrected chi connectivity index (χ4v) is 4.19. The number of hydrogen-bond donors (Lipinski definition) is 2. The highest BCUT2D eigenvalue weighted by Crippen LogP contribution is 2.35. The molecule has 1 saturated heterocycles. The van der Waals surface area contributed by atoms with Crippen molar-refractivity contribution in [1.29, 1.82) is 0 Å². The Bertz CT molecular complexity index is 340. The van der Waals surface area contributed by atoms with E-state index in [-0.39, 0.29) is 11.8 Å². The Labute approximate surface area is 111 Å². The van der Waals surface area contributed by atoms with E-state index in [0.717, 1.165) is 56.8 Å². The Hall–Kier alpha value is -0.460. The minimum absolute atomic E-state index is 0.211. The highest BCUT2D eigenvalue weighted by molar-refractivity contribution is 7.85. The molecule has 5 nitrogen and oxygen atoms in total. The van der Waals surface area contributed by atoms with Crippen LogP contribution in [-0.4, -0.2) is 51.7 Å². The molecule has 0 bridgehead atoms. The minimum atomic E-state index is -0.793. The molecule has 0 aromatic carbocycles. The quantitative estimate of drug-likeness (QED) is 0.717. The summed E-state index contributed by atoms with van der Waals surface area (Å²) in [6.07, 6.45) is 3.64. The van der Waals surface area contributed by atoms with Crippen molar-refractivity contribution in [2.45, 2.75) is 31.2 Å². The zero-order valence-electron chi connectivity index (χ0n) is 10.8. The Morgan fingerprint density at radius 3 is 2.67 bits per heavy atom. The van der Waals surface area contributed by atoms with Gasteiger partial charge in [-0.25, -0.2) is 0 Å². The maximum absolute atomic E-state index is 11.5. The largest absolute Gasteiger partial charge is 0.368 e. The maximum atomic E-state index is 11.5. The number of nitrogens with zero attached hydrogens (tertiary/aromatic N) is 1. The van der Waals surface area contributed by atoms with Gasteiger partial charge in [-0.1, -0.05) is 6.42 Å². The molecule has 1 amide bonds. The van der Waals surface area contributed by atoms with Gasteiger partial charge in [0.05, 0.1) is 5.54 Å². The average molecular weight is 273 g/mol. The monoisotopic (exact) mass is 273 g/mol. The van der Waals surface area contributed by atoms with Crippen LogP contribution >= 0.6 is 0 Å². The molecule has 0 aromatic rings. The highest BCUT2D eigenvalue weighted by atomic mass is 32.2. The van der Waals surface area contributed by atoms with E-state index in [4.69, 9.17) is 11.5 Å². The van der Waals surface area contributed by atoms with Gasteiger partial charge in [0, 0.05) is 35.4 Å². The second kappa shape index (κ2) is 5.67. The topological polar surface area (TPSA) is 89.4 Å². The molecular formula is C12H23N3O2S. The average Bonchev–Trinajstić information content (AvgIpc) is 2.72. The molecule has 1 aliphatic heterocycles. The van der Waals surface area contributed by atoms with E-state index in [2.05, 4.69) is 4.90 Å². The molecular weight excluding hydrogens is 250 g/mol. The lowest BCUT2D eigenvalue weighted by molar-refractivity contribution is -0.124. The van der Waals surface area contributed by atoms with Gasteiger partial charge in [0.2, 0.25) is 5.91 Å². The lowest BCUT2D eigenvalue weighted by Gasteiger charge is -2.31. The predicted molar refractivity (Wildman–Crippen MR) is 72.4 cm³/mol. The number of carbonyl (C=O) groups excluding carboxylic acids is 1. The Morgan fingerprint density at radius 2 is 2.06 bits per heavy atom. The van der Waals surface area contributed by atoms with Crippen LogP contribution in [0, 0.1) is 5.92 Å². The second-order valence-corrected chi connectivity index (χ2v) is 7.17. The summed E-state index contributed by atoms with van der Waals surface area (Å²) in [6, 6.07) is 0. The van der Waals surface area contributed by atoms with Gasteiger partial charge in [0.1, 0.15) is 0 Å². The summed E-state index contributed by atoms with van der Waals surface area (Å²) in [4.78, 5) is 13.8. The number of primary amides is 1. The zero-order chi connectivity index (χ0) is 13.2. The second-order valence-electron chi connectivity index (χ2n) is 5.47. The number of nitrogens with two attached hydrogens (primary N) is 2. The summed E-state index contributed by atoms with van der Waals surface area (Å²) in [7, 11) is -0.630. The molecule has 6 heteroatoms. The van der Waals surface area contributed by atoms with Crippen LogP contribution in [0.2, 0.25) is 0 Å². The molecule has 2 fully saturated rings. The van der Waals surface area contributed by atoms with Crippen molar-refractivity contribution in [2.75, 3.05) is 31.1 Å². The van der Waals surface area contributed by atoms with Gasteiger partial charge in [0.25, 0.3) is 0 Å². The van der Waals surface area contributed by atoms with Crippen LogP contribution in [0.3, 0.4) is 0 Å². The molecule has 1 aliphatic carbocycles. The Kier molecular flexibility index (Phi) is 4.40. The standard InChI is InChI=1S/C12H23N3O2S/c13-11(16)12(14)4-1-2-10(12)3-5-15-6-8-18(17)9-7-15/h10H,1-9,14H2,(H2,13,16). The molecule has 0 spiro atoms. The van der Waals surface area contributed by atoms with Gasteiger partial charge in [-0.2, -0.15) is 0 Å². The third-order valence-electron chi connectivity index (χ3n) is 4.39. The van der Waals surface area contributed by atoms with Crippen molar-refractivity contribution in [3.63, 3.8) is 0 Å². The lowest BCUT2D eigenvalue weighted by Crippen LogP contribution is -2.55. The highest BCUT2D eigenvalue weighted by Gasteiger charge is 2.44. The first-order valence-corrected chi connectivity index (χ1v) is 8.17. The first kappa shape index (κ1) is 14.0. The van der Waals surface area contributed by atoms with Gasteiger partial charge in [-0.05, 0) is 31.7 Å². The van der Waals surface area contributed by atoms with Gasteiger partial charge in [-0.3, -0.25) is 9.00 Å². The van der Waals surface area contributed by atoms with Gasteiger partial charge < -0.3 is 16.4 Å². The van der Waals surface area contributed by atoms with E-state index in [1.165, 1.54) is 0 Å². The smallest absolute Gasteiger partial charge is 0.237 e. The van der Waals surface area contributed by atoms with Crippen molar-refractivity contribution in [3.8, 4) is 0 Å². The number of rotatable bonds is 4. The van der Waals surface area contributed by atoms with Crippen molar-refractivity contribution in [2.24, 2.45) is 17.4 Å². The van der Waals surface area contributed by atoms with E-state index in [9.17, 15) is 9.00 Å². The maximum Gasteiger partial charge on any atom is 0.237 e. The summed E-state index contributed by atoms with van der Waals surface area (Å²) in [5.74, 6) is 1.40. The summed E-state index contributed by atoms with van der Waals surface area (Å²) >= 11 is 0. The Morgan fingerprint density at radius 1 is 1.39 bits per heavy atom. The van der Waals surface area contributed by atoms with Crippen molar-refractivity contribution in [1.82, 2.24) is 4.90 Å². The number of carbonyl (C=O) groups is 1. The van der Waals surface area contributed by atoms with Crippen LogP contribution < -0.4 is 11.5 Å². The first-order chi connectivity index (χ1) is 8.52. The summed E-state index contributed by atoms with van der Waals surface area (Å²) in [6.45, 7) is 2.73. The summed E-state index contributed by atoms with van der Waals surface area (Å²) in [5, 5.41) is 0. The number of hydrogen-bond acceptors (Lipinski definition) is 4. The zero-order valence-corrected chi connectivity index (χ0v) is 11.6. The molecule has 0 radical (unpaired) electrons. The molecule has 104 valence electrons. The van der Waals surface area contributed by atoms with Crippen molar-refractivity contribution < 1.29 is 9.00 Å². The van der Waals surface area contributed by atoms with E-state index < -0.39 is 16.3 Å². The van der Waals surface area contributed by atoms with E-state index in [1.54, 1.807) is 0 Å². The van der Waals surface area contributed by atoms with Crippen LogP contribution in [0.25, 0.3) is 0 Å². The molecule has 1 heterocycles. The molecule has 0 aromatic heterocycles.